The first-order chi connectivity index (χ1) is 18.4. The smallest absolute Gasteiger partial charge is 0.335 e. The Balaban J connectivity index is 1.38. The van der Waals surface area contributed by atoms with E-state index < -0.39 is 17.8 Å². The summed E-state index contributed by atoms with van der Waals surface area (Å²) in [6.07, 6.45) is 1.39. The van der Waals surface area contributed by atoms with Crippen molar-refractivity contribution in [1.82, 2.24) is 5.32 Å². The third-order valence-electron chi connectivity index (χ3n) is 6.35. The summed E-state index contributed by atoms with van der Waals surface area (Å²) in [6, 6.07) is 22.8. The first-order valence-corrected chi connectivity index (χ1v) is 12.2. The quantitative estimate of drug-likeness (QED) is 0.244. The summed E-state index contributed by atoms with van der Waals surface area (Å²) >= 11 is 6.50. The minimum Gasteiger partial charge on any atom is -0.497 e. The Morgan fingerprint density at radius 1 is 0.947 bits per heavy atom. The van der Waals surface area contributed by atoms with Gasteiger partial charge in [-0.2, -0.15) is 0 Å². The molecule has 1 aliphatic heterocycles. The average Bonchev–Trinajstić information content (AvgIpc) is 2.91. The number of halogens is 1. The number of aryl methyl sites for hydroxylation is 1. The number of nitrogens with zero attached hydrogens (tertiary/aromatic N) is 1. The minimum atomic E-state index is -0.826. The second-order valence-corrected chi connectivity index (χ2v) is 9.12. The maximum absolute atomic E-state index is 13.1. The van der Waals surface area contributed by atoms with E-state index in [1.165, 1.54) is 13.2 Å². The van der Waals surface area contributed by atoms with Crippen LogP contribution in [0.5, 0.6) is 11.5 Å². The number of amides is 4. The van der Waals surface area contributed by atoms with Crippen LogP contribution in [0.3, 0.4) is 0 Å². The summed E-state index contributed by atoms with van der Waals surface area (Å²) in [5.74, 6) is -0.493. The highest BCUT2D eigenvalue weighted by Gasteiger charge is 2.36. The van der Waals surface area contributed by atoms with E-state index in [9.17, 15) is 14.4 Å². The van der Waals surface area contributed by atoms with Crippen LogP contribution in [-0.2, 0) is 16.2 Å². The van der Waals surface area contributed by atoms with Gasteiger partial charge in [-0.3, -0.25) is 14.9 Å². The predicted octanol–water partition coefficient (Wildman–Crippen LogP) is 6.06. The fourth-order valence-electron chi connectivity index (χ4n) is 4.30. The zero-order valence-corrected chi connectivity index (χ0v) is 21.4. The Kier molecular flexibility index (Phi) is 6.85. The van der Waals surface area contributed by atoms with Crippen LogP contribution in [0.1, 0.15) is 16.7 Å². The van der Waals surface area contributed by atoms with Crippen LogP contribution in [-0.4, -0.2) is 25.0 Å². The highest BCUT2D eigenvalue weighted by atomic mass is 35.5. The van der Waals surface area contributed by atoms with Gasteiger partial charge in [-0.15, -0.1) is 0 Å². The van der Waals surface area contributed by atoms with Gasteiger partial charge < -0.3 is 9.47 Å². The molecule has 0 bridgehead atoms. The first-order valence-electron chi connectivity index (χ1n) is 11.8. The van der Waals surface area contributed by atoms with Crippen LogP contribution in [0.15, 0.2) is 84.4 Å². The van der Waals surface area contributed by atoms with E-state index in [1.807, 2.05) is 19.1 Å². The minimum absolute atomic E-state index is 0.198. The summed E-state index contributed by atoms with van der Waals surface area (Å²) in [4.78, 5) is 39.0. The van der Waals surface area contributed by atoms with Crippen LogP contribution >= 0.6 is 11.6 Å². The molecule has 0 unspecified atom stereocenters. The Bertz CT molecular complexity index is 1610. The molecule has 190 valence electrons. The molecule has 4 aromatic carbocycles. The highest BCUT2D eigenvalue weighted by molar-refractivity contribution is 6.39. The van der Waals surface area contributed by atoms with Crippen LogP contribution in [0.2, 0.25) is 5.02 Å². The second kappa shape index (κ2) is 10.4. The van der Waals surface area contributed by atoms with Gasteiger partial charge in [0.05, 0.1) is 17.8 Å². The average molecular weight is 527 g/mol. The predicted molar refractivity (Wildman–Crippen MR) is 146 cm³/mol. The number of methoxy groups -OCH3 is 1. The third-order valence-corrected chi connectivity index (χ3v) is 6.64. The normalized spacial score (nSPS) is 14.7. The van der Waals surface area contributed by atoms with Crippen LogP contribution in [0.4, 0.5) is 10.5 Å². The van der Waals surface area contributed by atoms with Gasteiger partial charge in [-0.25, -0.2) is 9.69 Å². The van der Waals surface area contributed by atoms with Gasteiger partial charge in [0.25, 0.3) is 11.8 Å². The van der Waals surface area contributed by atoms with Gasteiger partial charge in [-0.1, -0.05) is 54.1 Å². The van der Waals surface area contributed by atoms with Crippen LogP contribution < -0.4 is 19.7 Å². The van der Waals surface area contributed by atoms with Crippen molar-refractivity contribution in [3.05, 3.63) is 106 Å². The Morgan fingerprint density at radius 2 is 1.71 bits per heavy atom. The zero-order chi connectivity index (χ0) is 26.8. The second-order valence-electron chi connectivity index (χ2n) is 8.72. The van der Waals surface area contributed by atoms with Crippen molar-refractivity contribution in [1.29, 1.82) is 0 Å². The molecular weight excluding hydrogens is 504 g/mol. The van der Waals surface area contributed by atoms with Gasteiger partial charge in [0, 0.05) is 5.56 Å². The number of anilines is 1. The van der Waals surface area contributed by atoms with Gasteiger partial charge in [-0.05, 0) is 71.3 Å². The summed E-state index contributed by atoms with van der Waals surface area (Å²) in [5.41, 5.74) is 2.79. The van der Waals surface area contributed by atoms with E-state index in [4.69, 9.17) is 21.1 Å². The molecule has 0 saturated carbocycles. The van der Waals surface area contributed by atoms with Crippen molar-refractivity contribution in [2.75, 3.05) is 12.0 Å². The first kappa shape index (κ1) is 25.0. The maximum atomic E-state index is 13.1. The molecule has 0 spiro atoms. The number of urea groups is 1. The molecule has 7 nitrogen and oxygen atoms in total. The van der Waals surface area contributed by atoms with Gasteiger partial charge in [0.2, 0.25) is 0 Å². The number of ether oxygens (including phenoxy) is 2. The van der Waals surface area contributed by atoms with Gasteiger partial charge in [0.15, 0.2) is 0 Å². The van der Waals surface area contributed by atoms with Crippen molar-refractivity contribution in [3.63, 3.8) is 0 Å². The number of rotatable bonds is 6. The summed E-state index contributed by atoms with van der Waals surface area (Å²) < 4.78 is 11.2. The van der Waals surface area contributed by atoms with E-state index in [1.54, 1.807) is 42.5 Å². The molecule has 0 radical (unpaired) electrons. The number of imide groups is 2. The molecule has 38 heavy (non-hydrogen) atoms. The zero-order valence-electron chi connectivity index (χ0n) is 20.7. The number of carbonyl (C=O) groups excluding carboxylic acids is 3. The molecular formula is C30H23ClN2O5. The van der Waals surface area contributed by atoms with Crippen molar-refractivity contribution in [3.8, 4) is 11.5 Å². The lowest BCUT2D eigenvalue weighted by molar-refractivity contribution is -0.122. The molecule has 4 amide bonds. The lowest BCUT2D eigenvalue weighted by atomic mass is 10.0. The lowest BCUT2D eigenvalue weighted by Gasteiger charge is -2.26. The van der Waals surface area contributed by atoms with Crippen molar-refractivity contribution in [2.45, 2.75) is 13.5 Å². The van der Waals surface area contributed by atoms with Crippen LogP contribution in [0, 0.1) is 6.92 Å². The van der Waals surface area contributed by atoms with E-state index in [0.29, 0.717) is 34.4 Å². The van der Waals surface area contributed by atoms with Crippen molar-refractivity contribution < 1.29 is 23.9 Å². The molecule has 1 saturated heterocycles. The Hall–Kier alpha value is -4.62. The topological polar surface area (TPSA) is 84.9 Å². The molecule has 1 N–H and O–H groups in total. The Morgan fingerprint density at radius 3 is 2.45 bits per heavy atom. The SMILES string of the molecule is COc1ccc(N2C(=O)NC(=O)/C(=C\c3ccc(OCc4c(C)ccc5ccccc45)c(Cl)c3)C2=O)cc1. The Labute approximate surface area is 224 Å². The number of barbiturate groups is 1. The summed E-state index contributed by atoms with van der Waals surface area (Å²) in [7, 11) is 1.51. The van der Waals surface area contributed by atoms with Crippen molar-refractivity contribution >= 4 is 52.0 Å². The molecule has 5 rings (SSSR count). The molecule has 1 heterocycles. The monoisotopic (exact) mass is 526 g/mol. The van der Waals surface area contributed by atoms with E-state index in [-0.39, 0.29) is 5.57 Å². The number of benzene rings is 4. The number of nitrogens with one attached hydrogen (secondary N) is 1. The number of hydrogen-bond acceptors (Lipinski definition) is 5. The molecule has 0 aromatic heterocycles. The molecule has 1 aliphatic rings. The van der Waals surface area contributed by atoms with E-state index >= 15 is 0 Å². The maximum Gasteiger partial charge on any atom is 0.335 e. The molecule has 0 aliphatic carbocycles. The van der Waals surface area contributed by atoms with Crippen molar-refractivity contribution in [2.24, 2.45) is 0 Å². The van der Waals surface area contributed by atoms with Gasteiger partial charge >= 0.3 is 6.03 Å². The number of hydrogen-bond donors (Lipinski definition) is 1. The standard InChI is InChI=1S/C30H23ClN2O5/c1-18-7-9-20-5-3-4-6-23(20)25(18)17-38-27-14-8-19(16-26(27)31)15-24-28(34)32-30(36)33(29(24)35)21-10-12-22(37-2)13-11-21/h3-16H,17H2,1-2H3,(H,32,34,36)/b24-15+. The highest BCUT2D eigenvalue weighted by Crippen LogP contribution is 2.30. The third kappa shape index (κ3) is 4.84. The molecule has 1 fully saturated rings. The van der Waals surface area contributed by atoms with Crippen LogP contribution in [0.25, 0.3) is 16.8 Å². The fraction of sp³-hybridized carbons (Fsp3) is 0.100. The lowest BCUT2D eigenvalue weighted by Crippen LogP contribution is -2.54. The molecule has 8 heteroatoms. The van der Waals surface area contributed by atoms with E-state index in [2.05, 4.69) is 29.6 Å². The molecule has 0 atom stereocenters. The number of fused-ring (bicyclic) bond motifs is 1. The summed E-state index contributed by atoms with van der Waals surface area (Å²) in [5, 5.41) is 4.78. The van der Waals surface area contributed by atoms with Gasteiger partial charge in [0.1, 0.15) is 23.7 Å². The number of carbonyl (C=O) groups is 3. The fourth-order valence-corrected chi connectivity index (χ4v) is 4.54. The molecule has 4 aromatic rings. The summed E-state index contributed by atoms with van der Waals surface area (Å²) in [6.45, 7) is 2.36. The largest absolute Gasteiger partial charge is 0.497 e. The van der Waals surface area contributed by atoms with E-state index in [0.717, 1.165) is 26.8 Å².